The van der Waals surface area contributed by atoms with Crippen LogP contribution in [0.5, 0.6) is 0 Å². The number of nitrogens with one attached hydrogen (secondary N) is 1. The molecule has 2 heteroatoms. The van der Waals surface area contributed by atoms with Crippen LogP contribution in [0.3, 0.4) is 0 Å². The average Bonchev–Trinajstić information content (AvgIpc) is 3.11. The van der Waals surface area contributed by atoms with E-state index in [1.54, 1.807) is 0 Å². The standard InChI is InChI=1S/C13H24N2/c1-2-12-9-15(8-10-3-4-10)13(7-14-12)11-5-6-11/h10-14H,2-9H2,1H3. The van der Waals surface area contributed by atoms with Crippen LogP contribution in [0.2, 0.25) is 0 Å². The van der Waals surface area contributed by atoms with Gasteiger partial charge in [-0.25, -0.2) is 0 Å². The topological polar surface area (TPSA) is 15.3 Å². The second-order valence-corrected chi connectivity index (χ2v) is 5.82. The SMILES string of the molecule is CCC1CN(CC2CC2)C(C2CC2)CN1. The monoisotopic (exact) mass is 208 g/mol. The quantitative estimate of drug-likeness (QED) is 0.758. The molecule has 0 bridgehead atoms. The van der Waals surface area contributed by atoms with Gasteiger partial charge in [0, 0.05) is 31.7 Å². The Kier molecular flexibility index (Phi) is 2.73. The van der Waals surface area contributed by atoms with Crippen molar-refractivity contribution in [2.24, 2.45) is 11.8 Å². The lowest BCUT2D eigenvalue weighted by Crippen LogP contribution is -2.57. The molecule has 2 aliphatic carbocycles. The van der Waals surface area contributed by atoms with Crippen molar-refractivity contribution in [3.63, 3.8) is 0 Å². The van der Waals surface area contributed by atoms with Gasteiger partial charge in [0.1, 0.15) is 0 Å². The molecule has 0 aromatic carbocycles. The molecular formula is C13H24N2. The first-order valence-corrected chi connectivity index (χ1v) is 6.84. The maximum atomic E-state index is 3.72. The molecule has 15 heavy (non-hydrogen) atoms. The van der Waals surface area contributed by atoms with Gasteiger partial charge in [-0.3, -0.25) is 4.90 Å². The first kappa shape index (κ1) is 10.1. The van der Waals surface area contributed by atoms with Gasteiger partial charge in [-0.2, -0.15) is 0 Å². The second-order valence-electron chi connectivity index (χ2n) is 5.82. The summed E-state index contributed by atoms with van der Waals surface area (Å²) in [6.45, 7) is 6.29. The highest BCUT2D eigenvalue weighted by molar-refractivity contribution is 4.96. The van der Waals surface area contributed by atoms with Gasteiger partial charge in [0.2, 0.25) is 0 Å². The van der Waals surface area contributed by atoms with Gasteiger partial charge < -0.3 is 5.32 Å². The molecule has 3 fully saturated rings. The van der Waals surface area contributed by atoms with E-state index in [1.165, 1.54) is 51.7 Å². The molecule has 0 aromatic rings. The first-order chi connectivity index (χ1) is 7.36. The summed E-state index contributed by atoms with van der Waals surface area (Å²) in [6.07, 6.45) is 7.27. The summed E-state index contributed by atoms with van der Waals surface area (Å²) in [5, 5.41) is 3.72. The second kappa shape index (κ2) is 4.06. The predicted octanol–water partition coefficient (Wildman–Crippen LogP) is 1.86. The molecule has 2 atom stereocenters. The van der Waals surface area contributed by atoms with Gasteiger partial charge in [-0.15, -0.1) is 0 Å². The van der Waals surface area contributed by atoms with Crippen LogP contribution in [0.25, 0.3) is 0 Å². The van der Waals surface area contributed by atoms with Crippen molar-refractivity contribution in [2.45, 2.75) is 51.1 Å². The summed E-state index contributed by atoms with van der Waals surface area (Å²) in [7, 11) is 0. The van der Waals surface area contributed by atoms with E-state index in [2.05, 4.69) is 17.1 Å². The van der Waals surface area contributed by atoms with Gasteiger partial charge in [-0.1, -0.05) is 6.92 Å². The molecule has 0 radical (unpaired) electrons. The van der Waals surface area contributed by atoms with Gasteiger partial charge >= 0.3 is 0 Å². The molecule has 1 aliphatic heterocycles. The van der Waals surface area contributed by atoms with Gasteiger partial charge in [-0.05, 0) is 43.9 Å². The summed E-state index contributed by atoms with van der Waals surface area (Å²) >= 11 is 0. The Labute approximate surface area is 93.4 Å². The smallest absolute Gasteiger partial charge is 0.0249 e. The Balaban J connectivity index is 1.60. The van der Waals surface area contributed by atoms with Crippen molar-refractivity contribution < 1.29 is 0 Å². The van der Waals surface area contributed by atoms with Gasteiger partial charge in [0.15, 0.2) is 0 Å². The van der Waals surface area contributed by atoms with Crippen LogP contribution in [-0.4, -0.2) is 36.6 Å². The maximum absolute atomic E-state index is 3.72. The zero-order valence-electron chi connectivity index (χ0n) is 9.91. The Hall–Kier alpha value is -0.0800. The van der Waals surface area contributed by atoms with Gasteiger partial charge in [0.05, 0.1) is 0 Å². The van der Waals surface area contributed by atoms with Crippen LogP contribution in [0.4, 0.5) is 0 Å². The van der Waals surface area contributed by atoms with Crippen molar-refractivity contribution in [3.8, 4) is 0 Å². The first-order valence-electron chi connectivity index (χ1n) is 6.84. The van der Waals surface area contributed by atoms with Gasteiger partial charge in [0.25, 0.3) is 0 Å². The summed E-state index contributed by atoms with van der Waals surface area (Å²) < 4.78 is 0. The van der Waals surface area contributed by atoms with E-state index in [4.69, 9.17) is 0 Å². The molecular weight excluding hydrogens is 184 g/mol. The van der Waals surface area contributed by atoms with E-state index in [0.717, 1.165) is 23.9 Å². The summed E-state index contributed by atoms with van der Waals surface area (Å²) in [5.74, 6) is 2.09. The highest BCUT2D eigenvalue weighted by Gasteiger charge is 2.40. The van der Waals surface area contributed by atoms with Crippen molar-refractivity contribution in [1.82, 2.24) is 10.2 Å². The fourth-order valence-electron chi connectivity index (χ4n) is 2.96. The highest BCUT2D eigenvalue weighted by Crippen LogP contribution is 2.38. The molecule has 3 aliphatic rings. The Morgan fingerprint density at radius 2 is 2.00 bits per heavy atom. The minimum Gasteiger partial charge on any atom is -0.311 e. The molecule has 2 saturated carbocycles. The van der Waals surface area contributed by atoms with Crippen molar-refractivity contribution in [1.29, 1.82) is 0 Å². The lowest BCUT2D eigenvalue weighted by Gasteiger charge is -2.40. The molecule has 0 aromatic heterocycles. The molecule has 1 heterocycles. The third-order valence-electron chi connectivity index (χ3n) is 4.39. The molecule has 1 N–H and O–H groups in total. The van der Waals surface area contributed by atoms with Crippen LogP contribution < -0.4 is 5.32 Å². The number of piperazine rings is 1. The van der Waals surface area contributed by atoms with E-state index in [-0.39, 0.29) is 0 Å². The Morgan fingerprint density at radius 3 is 2.60 bits per heavy atom. The fraction of sp³-hybridized carbons (Fsp3) is 1.00. The third-order valence-corrected chi connectivity index (χ3v) is 4.39. The van der Waals surface area contributed by atoms with Crippen LogP contribution in [0.15, 0.2) is 0 Å². The van der Waals surface area contributed by atoms with E-state index >= 15 is 0 Å². The summed E-state index contributed by atoms with van der Waals surface area (Å²) in [4.78, 5) is 2.82. The van der Waals surface area contributed by atoms with Crippen molar-refractivity contribution in [3.05, 3.63) is 0 Å². The summed E-state index contributed by atoms with van der Waals surface area (Å²) in [5.41, 5.74) is 0. The number of nitrogens with zero attached hydrogens (tertiary/aromatic N) is 1. The van der Waals surface area contributed by atoms with E-state index in [1.807, 2.05) is 0 Å². The summed E-state index contributed by atoms with van der Waals surface area (Å²) in [6, 6.07) is 1.65. The van der Waals surface area contributed by atoms with E-state index in [0.29, 0.717) is 0 Å². The average molecular weight is 208 g/mol. The van der Waals surface area contributed by atoms with Crippen LogP contribution >= 0.6 is 0 Å². The Morgan fingerprint density at radius 1 is 1.20 bits per heavy atom. The largest absolute Gasteiger partial charge is 0.311 e. The molecule has 0 spiro atoms. The zero-order chi connectivity index (χ0) is 10.3. The molecule has 86 valence electrons. The number of hydrogen-bond acceptors (Lipinski definition) is 2. The van der Waals surface area contributed by atoms with E-state index in [9.17, 15) is 0 Å². The lowest BCUT2D eigenvalue weighted by molar-refractivity contribution is 0.108. The fourth-order valence-corrected chi connectivity index (χ4v) is 2.96. The van der Waals surface area contributed by atoms with Crippen molar-refractivity contribution >= 4 is 0 Å². The molecule has 2 unspecified atom stereocenters. The third kappa shape index (κ3) is 2.36. The molecule has 2 nitrogen and oxygen atoms in total. The van der Waals surface area contributed by atoms with Crippen LogP contribution in [-0.2, 0) is 0 Å². The van der Waals surface area contributed by atoms with E-state index < -0.39 is 0 Å². The van der Waals surface area contributed by atoms with Crippen molar-refractivity contribution in [2.75, 3.05) is 19.6 Å². The lowest BCUT2D eigenvalue weighted by atomic mass is 10.0. The normalized spacial score (nSPS) is 38.2. The molecule has 0 amide bonds. The number of rotatable bonds is 4. The highest BCUT2D eigenvalue weighted by atomic mass is 15.2. The maximum Gasteiger partial charge on any atom is 0.0249 e. The Bertz CT molecular complexity index is 221. The minimum atomic E-state index is 0.763. The molecule has 1 saturated heterocycles. The zero-order valence-corrected chi connectivity index (χ0v) is 9.91. The van der Waals surface area contributed by atoms with Crippen LogP contribution in [0.1, 0.15) is 39.0 Å². The minimum absolute atomic E-state index is 0.763. The predicted molar refractivity (Wildman–Crippen MR) is 62.9 cm³/mol. The number of hydrogen-bond donors (Lipinski definition) is 1. The molecule has 3 rings (SSSR count). The van der Waals surface area contributed by atoms with Crippen LogP contribution in [0, 0.1) is 11.8 Å².